The molecule has 2 aliphatic heterocycles. The third kappa shape index (κ3) is 5.01. The van der Waals surface area contributed by atoms with E-state index in [9.17, 15) is 4.79 Å². The molecule has 0 radical (unpaired) electrons. The molecule has 0 spiro atoms. The van der Waals surface area contributed by atoms with Gasteiger partial charge in [0.2, 0.25) is 5.91 Å². The fourth-order valence-electron chi connectivity index (χ4n) is 7.22. The van der Waals surface area contributed by atoms with Crippen molar-refractivity contribution < 1.29 is 9.53 Å². The molecular formula is C37H44N2O2. The van der Waals surface area contributed by atoms with Crippen LogP contribution in [0.5, 0.6) is 0 Å². The molecule has 1 atom stereocenters. The molecule has 4 nitrogen and oxygen atoms in total. The van der Waals surface area contributed by atoms with E-state index < -0.39 is 5.41 Å². The summed E-state index contributed by atoms with van der Waals surface area (Å²) in [5.74, 6) is 0.441. The number of hydrogen-bond acceptors (Lipinski definition) is 2. The first-order valence-electron chi connectivity index (χ1n) is 15.3. The molecule has 1 aromatic heterocycles. The average Bonchev–Trinajstić information content (AvgIpc) is 3.68. The van der Waals surface area contributed by atoms with E-state index in [0.29, 0.717) is 25.3 Å². The summed E-state index contributed by atoms with van der Waals surface area (Å²) in [7, 11) is 0. The molecule has 1 amide bonds. The standard InChI is InChI=1S/C37H44N2O2/c1-23-18-28(19-24(2)26(23)4)35-34(25(3)21-41-22-27-10-8-7-9-11-27)32-20-29(12-17-33(32)38-35)37(5,6)36(40)39-30-13-14-31(39)16-15-30/h7-12,17-20,25,30-31,38H,13-16,21-22H2,1-6H3/t25-,30?,31?/m1/s1. The van der Waals surface area contributed by atoms with E-state index in [-0.39, 0.29) is 11.8 Å². The largest absolute Gasteiger partial charge is 0.376 e. The van der Waals surface area contributed by atoms with Crippen molar-refractivity contribution in [2.45, 2.75) is 97.2 Å². The lowest BCUT2D eigenvalue weighted by molar-refractivity contribution is -0.137. The van der Waals surface area contributed by atoms with E-state index >= 15 is 0 Å². The molecule has 2 aliphatic rings. The number of H-pyrrole nitrogens is 1. The smallest absolute Gasteiger partial charge is 0.233 e. The number of ether oxygens (including phenoxy) is 1. The fraction of sp³-hybridized carbons (Fsp3) is 0.432. The van der Waals surface area contributed by atoms with Crippen LogP contribution in [0.4, 0.5) is 0 Å². The van der Waals surface area contributed by atoms with Gasteiger partial charge in [-0.2, -0.15) is 0 Å². The number of fused-ring (bicyclic) bond motifs is 3. The maximum absolute atomic E-state index is 14.0. The summed E-state index contributed by atoms with van der Waals surface area (Å²) in [5, 5.41) is 1.19. The number of amides is 1. The molecule has 2 fully saturated rings. The molecule has 6 rings (SSSR count). The van der Waals surface area contributed by atoms with Crippen LogP contribution in [-0.4, -0.2) is 34.5 Å². The highest BCUT2D eigenvalue weighted by molar-refractivity contribution is 5.95. The van der Waals surface area contributed by atoms with E-state index in [1.807, 2.05) is 6.07 Å². The van der Waals surface area contributed by atoms with Crippen molar-refractivity contribution in [1.82, 2.24) is 9.88 Å². The van der Waals surface area contributed by atoms with Gasteiger partial charge in [0.05, 0.1) is 24.3 Å². The SMILES string of the molecule is Cc1cc(-c2[nH]c3ccc(C(C)(C)C(=O)N4C5CCC4CC5)cc3c2[C@H](C)COCc2ccccc2)cc(C)c1C. The van der Waals surface area contributed by atoms with Crippen molar-refractivity contribution >= 4 is 16.8 Å². The summed E-state index contributed by atoms with van der Waals surface area (Å²) in [4.78, 5) is 20.0. The van der Waals surface area contributed by atoms with E-state index in [4.69, 9.17) is 4.74 Å². The van der Waals surface area contributed by atoms with Crippen LogP contribution in [0.1, 0.15) is 85.8 Å². The summed E-state index contributed by atoms with van der Waals surface area (Å²) in [6.45, 7) is 14.3. The third-order valence-corrected chi connectivity index (χ3v) is 9.97. The summed E-state index contributed by atoms with van der Waals surface area (Å²) in [5.41, 5.74) is 10.3. The van der Waals surface area contributed by atoms with Crippen LogP contribution < -0.4 is 0 Å². The Morgan fingerprint density at radius 2 is 1.59 bits per heavy atom. The van der Waals surface area contributed by atoms with E-state index in [1.54, 1.807) is 0 Å². The molecule has 0 aliphatic carbocycles. The Bertz CT molecular complexity index is 1540. The van der Waals surface area contributed by atoms with E-state index in [2.05, 4.69) is 106 Å². The van der Waals surface area contributed by atoms with Crippen molar-refractivity contribution in [2.75, 3.05) is 6.61 Å². The van der Waals surface area contributed by atoms with Crippen molar-refractivity contribution in [3.05, 3.63) is 94.0 Å². The lowest BCUT2D eigenvalue weighted by Crippen LogP contribution is -2.45. The van der Waals surface area contributed by atoms with Gasteiger partial charge >= 0.3 is 0 Å². The summed E-state index contributed by atoms with van der Waals surface area (Å²) in [6, 6.07) is 22.4. The van der Waals surface area contributed by atoms with Crippen molar-refractivity contribution in [3.63, 3.8) is 0 Å². The number of aryl methyl sites for hydroxylation is 2. The van der Waals surface area contributed by atoms with Crippen molar-refractivity contribution in [2.24, 2.45) is 0 Å². The minimum Gasteiger partial charge on any atom is -0.376 e. The molecule has 1 N–H and O–H groups in total. The topological polar surface area (TPSA) is 45.3 Å². The molecule has 41 heavy (non-hydrogen) atoms. The maximum Gasteiger partial charge on any atom is 0.233 e. The molecular weight excluding hydrogens is 504 g/mol. The number of nitrogens with zero attached hydrogens (tertiary/aromatic N) is 1. The summed E-state index contributed by atoms with van der Waals surface area (Å²) >= 11 is 0. The quantitative estimate of drug-likeness (QED) is 0.240. The van der Waals surface area contributed by atoms with Crippen LogP contribution in [0.25, 0.3) is 22.2 Å². The minimum atomic E-state index is -0.585. The number of aromatic nitrogens is 1. The second-order valence-electron chi connectivity index (χ2n) is 13.1. The van der Waals surface area contributed by atoms with Crippen LogP contribution >= 0.6 is 0 Å². The average molecular weight is 549 g/mol. The van der Waals surface area contributed by atoms with Gasteiger partial charge in [0.1, 0.15) is 0 Å². The first-order valence-corrected chi connectivity index (χ1v) is 15.3. The van der Waals surface area contributed by atoms with Gasteiger partial charge in [0.25, 0.3) is 0 Å². The van der Waals surface area contributed by atoms with Crippen LogP contribution in [0.15, 0.2) is 60.7 Å². The van der Waals surface area contributed by atoms with Gasteiger partial charge in [-0.05, 0) is 124 Å². The van der Waals surface area contributed by atoms with Gasteiger partial charge in [0, 0.05) is 28.9 Å². The Hall–Kier alpha value is -3.37. The maximum atomic E-state index is 14.0. The highest BCUT2D eigenvalue weighted by Gasteiger charge is 2.47. The van der Waals surface area contributed by atoms with Crippen LogP contribution in [0, 0.1) is 20.8 Å². The zero-order valence-electron chi connectivity index (χ0n) is 25.5. The van der Waals surface area contributed by atoms with Crippen LogP contribution in [-0.2, 0) is 21.6 Å². The molecule has 2 bridgehead atoms. The second-order valence-corrected chi connectivity index (χ2v) is 13.1. The number of aromatic amines is 1. The van der Waals surface area contributed by atoms with Gasteiger partial charge in [0.15, 0.2) is 0 Å². The van der Waals surface area contributed by atoms with Gasteiger partial charge in [-0.3, -0.25) is 4.79 Å². The number of hydrogen-bond donors (Lipinski definition) is 1. The molecule has 214 valence electrons. The third-order valence-electron chi connectivity index (χ3n) is 9.97. The van der Waals surface area contributed by atoms with Crippen molar-refractivity contribution in [3.8, 4) is 11.3 Å². The number of nitrogens with one attached hydrogen (secondary N) is 1. The van der Waals surface area contributed by atoms with Gasteiger partial charge < -0.3 is 14.6 Å². The van der Waals surface area contributed by atoms with Gasteiger partial charge in [-0.25, -0.2) is 0 Å². The summed E-state index contributed by atoms with van der Waals surface area (Å²) < 4.78 is 6.27. The monoisotopic (exact) mass is 548 g/mol. The van der Waals surface area contributed by atoms with Crippen LogP contribution in [0.2, 0.25) is 0 Å². The van der Waals surface area contributed by atoms with Gasteiger partial charge in [-0.1, -0.05) is 43.3 Å². The Morgan fingerprint density at radius 1 is 0.951 bits per heavy atom. The van der Waals surface area contributed by atoms with Crippen molar-refractivity contribution in [1.29, 1.82) is 0 Å². The summed E-state index contributed by atoms with van der Waals surface area (Å²) in [6.07, 6.45) is 4.64. The number of benzene rings is 3. The molecule has 2 saturated heterocycles. The second kappa shape index (κ2) is 10.8. The lowest BCUT2D eigenvalue weighted by Gasteiger charge is -2.33. The number of carbonyl (C=O) groups excluding carboxylic acids is 1. The molecule has 4 aromatic rings. The Morgan fingerprint density at radius 3 is 2.22 bits per heavy atom. The number of carbonyl (C=O) groups is 1. The highest BCUT2D eigenvalue weighted by Crippen LogP contribution is 2.43. The fourth-order valence-corrected chi connectivity index (χ4v) is 7.22. The van der Waals surface area contributed by atoms with E-state index in [1.165, 1.54) is 38.8 Å². The first-order chi connectivity index (χ1) is 19.6. The number of rotatable bonds is 8. The zero-order valence-corrected chi connectivity index (χ0v) is 25.5. The predicted octanol–water partition coefficient (Wildman–Crippen LogP) is 8.51. The molecule has 3 aromatic carbocycles. The highest BCUT2D eigenvalue weighted by atomic mass is 16.5. The lowest BCUT2D eigenvalue weighted by atomic mass is 9.81. The Balaban J connectivity index is 1.39. The molecule has 0 saturated carbocycles. The van der Waals surface area contributed by atoms with Gasteiger partial charge in [-0.15, -0.1) is 0 Å². The zero-order chi connectivity index (χ0) is 28.9. The Kier molecular flexibility index (Phi) is 7.32. The molecule has 4 heteroatoms. The minimum absolute atomic E-state index is 0.160. The van der Waals surface area contributed by atoms with Crippen LogP contribution in [0.3, 0.4) is 0 Å². The van der Waals surface area contributed by atoms with E-state index in [0.717, 1.165) is 42.5 Å². The molecule has 0 unspecified atom stereocenters. The molecule has 3 heterocycles. The predicted molar refractivity (Wildman–Crippen MR) is 168 cm³/mol. The first kappa shape index (κ1) is 27.8. The normalized spacial score (nSPS) is 19.3. The Labute approximate surface area is 245 Å².